The molecule has 0 aliphatic carbocycles. The van der Waals surface area contributed by atoms with Crippen LogP contribution in [0, 0.1) is 0 Å². The highest BCUT2D eigenvalue weighted by atomic mass is 32.2. The normalized spacial score (nSPS) is 24.1. The highest BCUT2D eigenvalue weighted by Gasteiger charge is 2.49. The molecule has 3 rings (SSSR count). The minimum absolute atomic E-state index is 0.0476. The molecule has 0 saturated carbocycles. The van der Waals surface area contributed by atoms with E-state index in [1.165, 1.54) is 0 Å². The van der Waals surface area contributed by atoms with E-state index in [2.05, 4.69) is 0 Å². The second kappa shape index (κ2) is 5.36. The molecule has 2 aliphatic heterocycles. The summed E-state index contributed by atoms with van der Waals surface area (Å²) in [6.45, 7) is 0.219. The molecule has 2 fully saturated rings. The van der Waals surface area contributed by atoms with Crippen molar-refractivity contribution in [2.24, 2.45) is 0 Å². The molecule has 0 spiro atoms. The fraction of sp³-hybridized carbons (Fsp3) is 0.429. The minimum atomic E-state index is -0.413. The van der Waals surface area contributed by atoms with Gasteiger partial charge in [-0.3, -0.25) is 4.79 Å². The Morgan fingerprint density at radius 2 is 2.15 bits per heavy atom. The third-order valence-corrected chi connectivity index (χ3v) is 4.83. The lowest BCUT2D eigenvalue weighted by Crippen LogP contribution is -2.54. The first-order valence-electron chi connectivity index (χ1n) is 6.41. The Morgan fingerprint density at radius 1 is 1.40 bits per heavy atom. The van der Waals surface area contributed by atoms with E-state index < -0.39 is 6.04 Å². The van der Waals surface area contributed by atoms with E-state index in [4.69, 9.17) is 9.47 Å². The van der Waals surface area contributed by atoms with E-state index in [1.54, 1.807) is 23.8 Å². The van der Waals surface area contributed by atoms with Gasteiger partial charge in [-0.15, -0.1) is 11.8 Å². The number of nitrogens with zero attached hydrogens (tertiary/aromatic N) is 1. The number of fused-ring (bicyclic) bond motifs is 1. The molecule has 1 amide bonds. The van der Waals surface area contributed by atoms with Crippen LogP contribution in [0.5, 0.6) is 5.75 Å². The van der Waals surface area contributed by atoms with Gasteiger partial charge in [0, 0.05) is 5.75 Å². The van der Waals surface area contributed by atoms with Crippen LogP contribution in [0.25, 0.3) is 0 Å². The summed E-state index contributed by atoms with van der Waals surface area (Å²) >= 11 is 1.65. The molecule has 2 aliphatic rings. The summed E-state index contributed by atoms with van der Waals surface area (Å²) in [5.74, 6) is 1.13. The van der Waals surface area contributed by atoms with E-state index in [-0.39, 0.29) is 23.9 Å². The minimum Gasteiger partial charge on any atom is -0.497 e. The van der Waals surface area contributed by atoms with Crippen LogP contribution in [0.1, 0.15) is 12.0 Å². The van der Waals surface area contributed by atoms with Crippen molar-refractivity contribution in [1.29, 1.82) is 0 Å². The number of amides is 1. The Kier molecular flexibility index (Phi) is 3.56. The lowest BCUT2D eigenvalue weighted by Gasteiger charge is -2.36. The number of carbonyl (C=O) groups excluding carboxylic acids is 2. The van der Waals surface area contributed by atoms with Gasteiger partial charge in [0.05, 0.1) is 18.9 Å². The maximum atomic E-state index is 12.0. The molecule has 20 heavy (non-hydrogen) atoms. The number of carbonyl (C=O) groups is 2. The standard InChI is InChI=1S/C14H15NO4S/c1-18-10-4-2-9(3-5-10)7-19-14(17)11-8-20-13-6-12(16)15(11)13/h2-5,11,13H,6-8H2,1H3. The number of ether oxygens (including phenoxy) is 2. The van der Waals surface area contributed by atoms with Crippen LogP contribution in [0.2, 0.25) is 0 Å². The quantitative estimate of drug-likeness (QED) is 0.620. The molecule has 106 valence electrons. The largest absolute Gasteiger partial charge is 0.497 e. The van der Waals surface area contributed by atoms with Crippen molar-refractivity contribution in [3.63, 3.8) is 0 Å². The van der Waals surface area contributed by atoms with Gasteiger partial charge < -0.3 is 14.4 Å². The number of hydrogen-bond acceptors (Lipinski definition) is 5. The van der Waals surface area contributed by atoms with E-state index in [0.717, 1.165) is 11.3 Å². The molecule has 2 heterocycles. The first-order valence-corrected chi connectivity index (χ1v) is 7.46. The molecule has 0 N–H and O–H groups in total. The van der Waals surface area contributed by atoms with Gasteiger partial charge in [0.1, 0.15) is 18.4 Å². The maximum absolute atomic E-state index is 12.0. The fourth-order valence-corrected chi connectivity index (χ4v) is 3.74. The predicted molar refractivity (Wildman–Crippen MR) is 74.3 cm³/mol. The van der Waals surface area contributed by atoms with E-state index in [1.807, 2.05) is 24.3 Å². The van der Waals surface area contributed by atoms with Gasteiger partial charge in [0.15, 0.2) is 0 Å². The smallest absolute Gasteiger partial charge is 0.330 e. The molecule has 0 radical (unpaired) electrons. The second-order valence-electron chi connectivity index (χ2n) is 4.76. The average Bonchev–Trinajstić information content (AvgIpc) is 2.82. The number of β-lactam (4-membered cyclic amide) rings is 1. The molecular weight excluding hydrogens is 278 g/mol. The second-order valence-corrected chi connectivity index (χ2v) is 5.98. The summed E-state index contributed by atoms with van der Waals surface area (Å²) in [4.78, 5) is 25.1. The van der Waals surface area contributed by atoms with Crippen molar-refractivity contribution >= 4 is 23.6 Å². The van der Waals surface area contributed by atoms with Crippen LogP contribution in [-0.2, 0) is 20.9 Å². The Bertz CT molecular complexity index is 530. The topological polar surface area (TPSA) is 55.8 Å². The summed E-state index contributed by atoms with van der Waals surface area (Å²) in [6.07, 6.45) is 0.549. The van der Waals surface area contributed by atoms with Gasteiger partial charge >= 0.3 is 5.97 Å². The number of hydrogen-bond donors (Lipinski definition) is 0. The Balaban J connectivity index is 1.55. The molecule has 1 aromatic carbocycles. The Hall–Kier alpha value is -1.69. The Morgan fingerprint density at radius 3 is 2.80 bits per heavy atom. The molecule has 0 aromatic heterocycles. The monoisotopic (exact) mass is 293 g/mol. The zero-order chi connectivity index (χ0) is 14.1. The van der Waals surface area contributed by atoms with Crippen molar-refractivity contribution in [3.05, 3.63) is 29.8 Å². The summed E-state index contributed by atoms with van der Waals surface area (Å²) in [7, 11) is 1.60. The van der Waals surface area contributed by atoms with Crippen LogP contribution in [-0.4, -0.2) is 41.1 Å². The highest BCUT2D eigenvalue weighted by Crippen LogP contribution is 2.39. The molecule has 2 saturated heterocycles. The van der Waals surface area contributed by atoms with Crippen molar-refractivity contribution < 1.29 is 19.1 Å². The van der Waals surface area contributed by atoms with Crippen LogP contribution in [0.15, 0.2) is 24.3 Å². The van der Waals surface area contributed by atoms with E-state index >= 15 is 0 Å². The molecule has 2 atom stereocenters. The summed E-state index contributed by atoms with van der Waals surface area (Å²) in [5.41, 5.74) is 0.899. The summed E-state index contributed by atoms with van der Waals surface area (Å²) in [6, 6.07) is 6.94. The first kappa shape index (κ1) is 13.3. The van der Waals surface area contributed by atoms with E-state index in [9.17, 15) is 9.59 Å². The zero-order valence-corrected chi connectivity index (χ0v) is 11.9. The number of methoxy groups -OCH3 is 1. The van der Waals surface area contributed by atoms with Gasteiger partial charge in [-0.2, -0.15) is 0 Å². The molecular formula is C14H15NO4S. The fourth-order valence-electron chi connectivity index (χ4n) is 2.35. The number of esters is 1. The SMILES string of the molecule is COc1ccc(COC(=O)C2CSC3CC(=O)N32)cc1. The molecule has 1 aromatic rings. The molecule has 5 nitrogen and oxygen atoms in total. The number of thioether (sulfide) groups is 1. The molecule has 6 heteroatoms. The van der Waals surface area contributed by atoms with Crippen LogP contribution >= 0.6 is 11.8 Å². The van der Waals surface area contributed by atoms with Crippen molar-refractivity contribution in [2.75, 3.05) is 12.9 Å². The number of benzene rings is 1. The Labute approximate surface area is 121 Å². The van der Waals surface area contributed by atoms with Crippen LogP contribution in [0.4, 0.5) is 0 Å². The van der Waals surface area contributed by atoms with Gasteiger partial charge in [-0.25, -0.2) is 4.79 Å². The zero-order valence-electron chi connectivity index (χ0n) is 11.1. The predicted octanol–water partition coefficient (Wildman–Crippen LogP) is 1.41. The molecule has 2 unspecified atom stereocenters. The van der Waals surface area contributed by atoms with Crippen molar-refractivity contribution in [1.82, 2.24) is 4.90 Å². The van der Waals surface area contributed by atoms with Crippen molar-refractivity contribution in [2.45, 2.75) is 24.4 Å². The van der Waals surface area contributed by atoms with Gasteiger partial charge in [-0.1, -0.05) is 12.1 Å². The molecule has 0 bridgehead atoms. The first-order chi connectivity index (χ1) is 9.69. The summed E-state index contributed by atoms with van der Waals surface area (Å²) < 4.78 is 10.4. The lowest BCUT2D eigenvalue weighted by atomic mass is 10.1. The number of rotatable bonds is 4. The summed E-state index contributed by atoms with van der Waals surface area (Å²) in [5, 5.41) is 0.182. The third kappa shape index (κ3) is 2.35. The highest BCUT2D eigenvalue weighted by molar-refractivity contribution is 8.00. The van der Waals surface area contributed by atoms with Crippen LogP contribution < -0.4 is 4.74 Å². The lowest BCUT2D eigenvalue weighted by molar-refractivity contribution is -0.160. The van der Waals surface area contributed by atoms with Crippen molar-refractivity contribution in [3.8, 4) is 5.75 Å². The van der Waals surface area contributed by atoms with Crippen LogP contribution in [0.3, 0.4) is 0 Å². The van der Waals surface area contributed by atoms with E-state index in [0.29, 0.717) is 12.2 Å². The third-order valence-electron chi connectivity index (χ3n) is 3.54. The average molecular weight is 293 g/mol. The van der Waals surface area contributed by atoms with Gasteiger partial charge in [0.25, 0.3) is 0 Å². The van der Waals surface area contributed by atoms with Gasteiger partial charge in [0.2, 0.25) is 5.91 Å². The van der Waals surface area contributed by atoms with Gasteiger partial charge in [-0.05, 0) is 17.7 Å². The maximum Gasteiger partial charge on any atom is 0.330 e.